The van der Waals surface area contributed by atoms with E-state index in [1.54, 1.807) is 6.08 Å². The van der Waals surface area contributed by atoms with Gasteiger partial charge in [-0.1, -0.05) is 35.5 Å². The summed E-state index contributed by atoms with van der Waals surface area (Å²) >= 11 is 0. The van der Waals surface area contributed by atoms with Crippen LogP contribution in [0, 0.1) is 11.3 Å². The standard InChI is InChI=1S/C20H19N3O2/c1-23(2)11-12-24-18-9-5-3-7-15(18)13-16(14-21)20-17-8-4-6-10-19(17)25-22-20/h3-10,13H,11-12H2,1-2H3/b16-13+. The monoisotopic (exact) mass is 333 g/mol. The molecule has 0 amide bonds. The third-order valence-electron chi connectivity index (χ3n) is 3.77. The van der Waals surface area contributed by atoms with Crippen molar-refractivity contribution in [3.63, 3.8) is 0 Å². The number of benzene rings is 2. The van der Waals surface area contributed by atoms with E-state index in [-0.39, 0.29) is 0 Å². The Morgan fingerprint density at radius 3 is 2.76 bits per heavy atom. The third-order valence-corrected chi connectivity index (χ3v) is 3.77. The fourth-order valence-corrected chi connectivity index (χ4v) is 2.46. The zero-order valence-electron chi connectivity index (χ0n) is 14.3. The number of para-hydroxylation sites is 2. The van der Waals surface area contributed by atoms with Crippen LogP contribution in [0.25, 0.3) is 22.6 Å². The molecule has 5 heteroatoms. The van der Waals surface area contributed by atoms with Crippen molar-refractivity contribution in [1.82, 2.24) is 10.1 Å². The fraction of sp³-hybridized carbons (Fsp3) is 0.200. The number of likely N-dealkylation sites (N-methyl/N-ethyl adjacent to an activating group) is 1. The molecule has 0 saturated heterocycles. The molecule has 0 fully saturated rings. The van der Waals surface area contributed by atoms with Gasteiger partial charge in [0.15, 0.2) is 5.58 Å². The second kappa shape index (κ2) is 7.65. The van der Waals surface area contributed by atoms with Crippen LogP contribution < -0.4 is 4.74 Å². The molecule has 0 N–H and O–H groups in total. The Morgan fingerprint density at radius 2 is 1.96 bits per heavy atom. The summed E-state index contributed by atoms with van der Waals surface area (Å²) in [5, 5.41) is 14.5. The SMILES string of the molecule is CN(C)CCOc1ccccc1/C=C(\C#N)c1noc2ccccc12. The topological polar surface area (TPSA) is 62.3 Å². The van der Waals surface area contributed by atoms with Gasteiger partial charge in [-0.25, -0.2) is 0 Å². The van der Waals surface area contributed by atoms with Crippen molar-refractivity contribution in [3.05, 3.63) is 59.8 Å². The highest BCUT2D eigenvalue weighted by Gasteiger charge is 2.13. The van der Waals surface area contributed by atoms with E-state index in [1.807, 2.05) is 62.6 Å². The molecular weight excluding hydrogens is 314 g/mol. The summed E-state index contributed by atoms with van der Waals surface area (Å²) in [6, 6.07) is 17.4. The summed E-state index contributed by atoms with van der Waals surface area (Å²) in [5.41, 5.74) is 2.48. The molecule has 0 aliphatic heterocycles. The molecule has 0 atom stereocenters. The molecule has 0 bridgehead atoms. The van der Waals surface area contributed by atoms with Crippen LogP contribution in [0.3, 0.4) is 0 Å². The van der Waals surface area contributed by atoms with Gasteiger partial charge in [0.05, 0.1) is 11.0 Å². The van der Waals surface area contributed by atoms with Gasteiger partial charge in [-0.05, 0) is 38.4 Å². The maximum Gasteiger partial charge on any atom is 0.167 e. The molecule has 25 heavy (non-hydrogen) atoms. The predicted molar refractivity (Wildman–Crippen MR) is 98.0 cm³/mol. The van der Waals surface area contributed by atoms with Gasteiger partial charge >= 0.3 is 0 Å². The lowest BCUT2D eigenvalue weighted by Crippen LogP contribution is -2.19. The van der Waals surface area contributed by atoms with E-state index < -0.39 is 0 Å². The van der Waals surface area contributed by atoms with E-state index >= 15 is 0 Å². The third kappa shape index (κ3) is 3.87. The van der Waals surface area contributed by atoms with Crippen LogP contribution in [0.1, 0.15) is 11.3 Å². The average molecular weight is 333 g/mol. The lowest BCUT2D eigenvalue weighted by molar-refractivity contribution is 0.261. The molecule has 126 valence electrons. The Hall–Kier alpha value is -3.10. The highest BCUT2D eigenvalue weighted by Crippen LogP contribution is 2.28. The number of ether oxygens (including phenoxy) is 1. The van der Waals surface area contributed by atoms with Crippen molar-refractivity contribution >= 4 is 22.6 Å². The van der Waals surface area contributed by atoms with Gasteiger partial charge in [-0.15, -0.1) is 0 Å². The molecule has 1 heterocycles. The number of fused-ring (bicyclic) bond motifs is 1. The molecule has 0 saturated carbocycles. The maximum atomic E-state index is 9.61. The minimum Gasteiger partial charge on any atom is -0.492 e. The van der Waals surface area contributed by atoms with E-state index in [4.69, 9.17) is 9.26 Å². The number of nitriles is 1. The van der Waals surface area contributed by atoms with Crippen molar-refractivity contribution in [3.8, 4) is 11.8 Å². The summed E-state index contributed by atoms with van der Waals surface area (Å²) in [6.45, 7) is 1.39. The summed E-state index contributed by atoms with van der Waals surface area (Å²) in [6.07, 6.45) is 1.79. The lowest BCUT2D eigenvalue weighted by atomic mass is 10.1. The van der Waals surface area contributed by atoms with Crippen molar-refractivity contribution in [2.75, 3.05) is 27.2 Å². The van der Waals surface area contributed by atoms with Gasteiger partial charge in [0.25, 0.3) is 0 Å². The minimum absolute atomic E-state index is 0.439. The first-order chi connectivity index (χ1) is 12.2. The van der Waals surface area contributed by atoms with Crippen molar-refractivity contribution in [1.29, 1.82) is 5.26 Å². The molecule has 0 aliphatic rings. The van der Waals surface area contributed by atoms with E-state index in [2.05, 4.69) is 16.1 Å². The van der Waals surface area contributed by atoms with Gasteiger partial charge in [0.1, 0.15) is 24.1 Å². The largest absolute Gasteiger partial charge is 0.492 e. The normalized spacial score (nSPS) is 11.7. The molecule has 3 aromatic rings. The number of aromatic nitrogens is 1. The lowest BCUT2D eigenvalue weighted by Gasteiger charge is -2.12. The zero-order chi connectivity index (χ0) is 17.6. The second-order valence-corrected chi connectivity index (χ2v) is 5.89. The van der Waals surface area contributed by atoms with Crippen molar-refractivity contribution in [2.45, 2.75) is 0 Å². The zero-order valence-corrected chi connectivity index (χ0v) is 14.3. The van der Waals surface area contributed by atoms with E-state index in [0.29, 0.717) is 23.5 Å². The van der Waals surface area contributed by atoms with Gasteiger partial charge < -0.3 is 14.2 Å². The highest BCUT2D eigenvalue weighted by molar-refractivity contribution is 5.99. The molecule has 0 spiro atoms. The minimum atomic E-state index is 0.439. The summed E-state index contributed by atoms with van der Waals surface area (Å²) in [4.78, 5) is 2.06. The van der Waals surface area contributed by atoms with Crippen molar-refractivity contribution in [2.24, 2.45) is 0 Å². The number of nitrogens with zero attached hydrogens (tertiary/aromatic N) is 3. The van der Waals surface area contributed by atoms with E-state index in [9.17, 15) is 5.26 Å². The molecule has 0 unspecified atom stereocenters. The van der Waals surface area contributed by atoms with Crippen LogP contribution in [0.15, 0.2) is 53.1 Å². The van der Waals surface area contributed by atoms with E-state index in [0.717, 1.165) is 23.2 Å². The average Bonchev–Trinajstić information content (AvgIpc) is 3.04. The maximum absolute atomic E-state index is 9.61. The summed E-state index contributed by atoms with van der Waals surface area (Å²) in [5.74, 6) is 0.741. The fourth-order valence-electron chi connectivity index (χ4n) is 2.46. The van der Waals surface area contributed by atoms with Crippen LogP contribution in [-0.2, 0) is 0 Å². The van der Waals surface area contributed by atoms with Crippen LogP contribution in [-0.4, -0.2) is 37.3 Å². The van der Waals surface area contributed by atoms with Crippen LogP contribution in [0.4, 0.5) is 0 Å². The molecule has 0 aliphatic carbocycles. The molecule has 0 radical (unpaired) electrons. The molecule has 2 aromatic carbocycles. The van der Waals surface area contributed by atoms with Gasteiger partial charge in [0.2, 0.25) is 0 Å². The Labute approximate surface area is 146 Å². The van der Waals surface area contributed by atoms with Gasteiger partial charge in [0, 0.05) is 12.1 Å². The Morgan fingerprint density at radius 1 is 1.20 bits per heavy atom. The van der Waals surface area contributed by atoms with Crippen molar-refractivity contribution < 1.29 is 9.26 Å². The Balaban J connectivity index is 1.94. The smallest absolute Gasteiger partial charge is 0.167 e. The number of allylic oxidation sites excluding steroid dienone is 1. The predicted octanol–water partition coefficient (Wildman–Crippen LogP) is 3.83. The van der Waals surface area contributed by atoms with Crippen LogP contribution in [0.5, 0.6) is 5.75 Å². The Kier molecular flexibility index (Phi) is 5.12. The highest BCUT2D eigenvalue weighted by atomic mass is 16.5. The first kappa shape index (κ1) is 16.7. The quantitative estimate of drug-likeness (QED) is 0.642. The van der Waals surface area contributed by atoms with Gasteiger partial charge in [-0.2, -0.15) is 5.26 Å². The number of rotatable bonds is 6. The first-order valence-corrected chi connectivity index (χ1v) is 8.02. The first-order valence-electron chi connectivity index (χ1n) is 8.02. The van der Waals surface area contributed by atoms with Crippen LogP contribution >= 0.6 is 0 Å². The van der Waals surface area contributed by atoms with Crippen LogP contribution in [0.2, 0.25) is 0 Å². The Bertz CT molecular complexity index is 935. The van der Waals surface area contributed by atoms with Gasteiger partial charge in [-0.3, -0.25) is 0 Å². The number of hydrogen-bond acceptors (Lipinski definition) is 5. The molecular formula is C20H19N3O2. The summed E-state index contributed by atoms with van der Waals surface area (Å²) in [7, 11) is 4.00. The molecule has 3 rings (SSSR count). The summed E-state index contributed by atoms with van der Waals surface area (Å²) < 4.78 is 11.2. The van der Waals surface area contributed by atoms with E-state index in [1.165, 1.54) is 0 Å². The number of hydrogen-bond donors (Lipinski definition) is 0. The molecule has 1 aromatic heterocycles. The second-order valence-electron chi connectivity index (χ2n) is 5.89. The molecule has 5 nitrogen and oxygen atoms in total.